The lowest BCUT2D eigenvalue weighted by Crippen LogP contribution is -2.36. The van der Waals surface area contributed by atoms with Crippen molar-refractivity contribution in [2.24, 2.45) is 11.8 Å². The van der Waals surface area contributed by atoms with Crippen LogP contribution >= 0.6 is 81.4 Å². The van der Waals surface area contributed by atoms with E-state index in [4.69, 9.17) is 96.0 Å². The minimum Gasteiger partial charge on any atom is -0.481 e. The van der Waals surface area contributed by atoms with E-state index >= 15 is 0 Å². The van der Waals surface area contributed by atoms with Gasteiger partial charge >= 0.3 is 18.0 Å². The maximum atomic E-state index is 13.6. The molecule has 5 saturated carbocycles. The molecule has 2 amide bonds. The first kappa shape index (κ1) is 75.2. The second-order valence-corrected chi connectivity index (χ2v) is 29.4. The molecule has 5 aliphatic rings. The highest BCUT2D eigenvalue weighted by atomic mass is 35.5. The quantitative estimate of drug-likeness (QED) is 0.0660. The van der Waals surface area contributed by atoms with E-state index < -0.39 is 34.7 Å². The third-order valence-electron chi connectivity index (χ3n) is 18.2. The molecule has 500 valence electrons. The van der Waals surface area contributed by atoms with E-state index in [1.54, 1.807) is 24.3 Å². The molecule has 12 rings (SSSR count). The summed E-state index contributed by atoms with van der Waals surface area (Å²) in [4.78, 5) is 49.0. The van der Waals surface area contributed by atoms with Crippen LogP contribution in [0.2, 0.25) is 30.1 Å². The molecule has 94 heavy (non-hydrogen) atoms. The number of rotatable bonds is 13. The Bertz CT molecular complexity index is 3770. The van der Waals surface area contributed by atoms with Gasteiger partial charge in [-0.15, -0.1) is 0 Å². The molecule has 7 aromatic rings. The standard InChI is InChI=1S/C17H14ClF2NO.C15H20ClNO2.C13H15ClO2.C11H11ClO2.C10H11Cl2N.C9H9Cl/c1-17(10-5-7-11(18)8-6-10)9-14(17)21-16(22)15-12(19)3-2-4-13(15)20;1-14(2,3)19-13(18)17-12-9-15(12,4)10-5-7-11(16)8-6-10;1-3-16-12(15)11-8-13(11,2)9-4-6-10(14)7-5-9;1-11(6-9(11)10(13)14)7-2-4-8(12)5-3-7;1-10(6-9(10)13-12)7-2-4-8(11)5-3-7;1-7(2)8-3-5-9(10)6-4-8/h2-8,14H,9H2,1H3,(H,21,22);5-8,12H,9H2,1-4H3,(H,17,18);4-7,11H,3,8H2,1-2H3;2-5,9H,6H2,1H3,(H,13,14);2-5,9,13H,6H2,1H3;3-6H,1H2,2H3/t14?,17-;12?,15-;;;9-,10-;/m11..1./s1. The lowest BCUT2D eigenvalue weighted by Gasteiger charge is -2.20. The SMILES string of the molecule is C=C(C)c1ccc(Cl)cc1.CC(C)(C)OC(=O)NC1C[C@]1(C)c1ccc(Cl)cc1.CC1(c2ccc(Cl)cc2)CC1C(=O)O.CCOC(=O)C1CC1(C)c1ccc(Cl)cc1.C[C@]1(c2ccc(Cl)cc2)CC1NC(=O)c1c(F)cccc1F.C[C@]1(c2ccc(Cl)cc2)C[C@H]1NCl. The molecule has 4 N–H and O–H groups in total. The van der Waals surface area contributed by atoms with Gasteiger partial charge < -0.3 is 25.2 Å². The predicted octanol–water partition coefficient (Wildman–Crippen LogP) is 20.3. The monoisotopic (exact) mass is 1420 g/mol. The zero-order valence-electron chi connectivity index (χ0n) is 54.2. The molecule has 0 spiro atoms. The Labute approximate surface area is 586 Å². The Morgan fingerprint density at radius 2 is 0.830 bits per heavy atom. The molecule has 6 unspecified atom stereocenters. The number of carboxylic acid groups (broad SMARTS) is 1. The second kappa shape index (κ2) is 31.3. The summed E-state index contributed by atoms with van der Waals surface area (Å²) in [6.07, 6.45) is 3.98. The lowest BCUT2D eigenvalue weighted by molar-refractivity contribution is -0.145. The summed E-state index contributed by atoms with van der Waals surface area (Å²) < 4.78 is 37.5. The number of esters is 1. The minimum absolute atomic E-state index is 0.00799. The Hall–Kier alpha value is -6.19. The van der Waals surface area contributed by atoms with Gasteiger partial charge in [-0.05, 0) is 197 Å². The number of carbonyl (C=O) groups is 4. The van der Waals surface area contributed by atoms with Gasteiger partial charge in [0, 0.05) is 75.3 Å². The van der Waals surface area contributed by atoms with Crippen LogP contribution in [0.1, 0.15) is 145 Å². The van der Waals surface area contributed by atoms with E-state index in [0.29, 0.717) is 22.7 Å². The van der Waals surface area contributed by atoms with Crippen molar-refractivity contribution < 1.29 is 42.5 Å². The van der Waals surface area contributed by atoms with Crippen molar-refractivity contribution in [2.45, 2.75) is 152 Å². The number of ether oxygens (including phenoxy) is 2. The van der Waals surface area contributed by atoms with Crippen molar-refractivity contribution in [3.8, 4) is 0 Å². The van der Waals surface area contributed by atoms with Crippen LogP contribution in [0.3, 0.4) is 0 Å². The molecule has 7 aromatic carbocycles. The molecule has 5 fully saturated rings. The van der Waals surface area contributed by atoms with Crippen LogP contribution in [0.4, 0.5) is 13.6 Å². The fourth-order valence-corrected chi connectivity index (χ4v) is 12.3. The average Bonchev–Trinajstić information content (AvgIpc) is 1.62. The fourth-order valence-electron chi connectivity index (χ4n) is 11.2. The van der Waals surface area contributed by atoms with Crippen LogP contribution < -0.4 is 15.5 Å². The number of carbonyl (C=O) groups excluding carboxylic acids is 3. The first-order valence-corrected chi connectivity index (χ1v) is 33.5. The Kier molecular flexibility index (Phi) is 25.1. The summed E-state index contributed by atoms with van der Waals surface area (Å²) in [7, 11) is 0. The van der Waals surface area contributed by atoms with Gasteiger partial charge in [0.15, 0.2) is 0 Å². The molecule has 0 aromatic heterocycles. The number of hydrogen-bond donors (Lipinski definition) is 4. The van der Waals surface area contributed by atoms with Crippen molar-refractivity contribution in [2.75, 3.05) is 6.61 Å². The van der Waals surface area contributed by atoms with Crippen LogP contribution in [-0.4, -0.2) is 59.4 Å². The molecule has 0 heterocycles. The van der Waals surface area contributed by atoms with E-state index in [1.165, 1.54) is 17.2 Å². The van der Waals surface area contributed by atoms with E-state index in [-0.39, 0.29) is 63.1 Å². The minimum atomic E-state index is -0.855. The van der Waals surface area contributed by atoms with Crippen LogP contribution in [-0.2, 0) is 46.1 Å². The second-order valence-electron chi connectivity index (χ2n) is 26.6. The highest BCUT2D eigenvalue weighted by molar-refractivity contribution is 6.32. The maximum absolute atomic E-state index is 13.6. The number of benzene rings is 7. The Morgan fingerprint density at radius 3 is 1.15 bits per heavy atom. The average molecular weight is 1420 g/mol. The van der Waals surface area contributed by atoms with Crippen LogP contribution in [0, 0.1) is 23.5 Å². The van der Waals surface area contributed by atoms with E-state index in [1.807, 2.05) is 158 Å². The van der Waals surface area contributed by atoms with Gasteiger partial charge in [0.05, 0.1) is 18.4 Å². The molecular formula is C75H80Cl7F2N3O7. The fraction of sp³-hybridized carbons (Fsp3) is 0.360. The number of hydrogen-bond acceptors (Lipinski definition) is 7. The molecule has 10 atom stereocenters. The number of alkyl carbamates (subject to hydrolysis) is 1. The van der Waals surface area contributed by atoms with Crippen molar-refractivity contribution in [3.05, 3.63) is 251 Å². The van der Waals surface area contributed by atoms with Crippen molar-refractivity contribution in [1.82, 2.24) is 15.5 Å². The number of nitrogens with one attached hydrogen (secondary N) is 3. The van der Waals surface area contributed by atoms with E-state index in [2.05, 4.69) is 55.0 Å². The first-order chi connectivity index (χ1) is 44.1. The molecule has 0 radical (unpaired) electrons. The normalized spacial score (nSPS) is 25.2. The third-order valence-corrected chi connectivity index (χ3v) is 20.0. The van der Waals surface area contributed by atoms with Crippen molar-refractivity contribution in [3.63, 3.8) is 0 Å². The van der Waals surface area contributed by atoms with Crippen molar-refractivity contribution >= 4 is 111 Å². The van der Waals surface area contributed by atoms with Crippen LogP contribution in [0.25, 0.3) is 5.57 Å². The number of carboxylic acids is 1. The first-order valence-electron chi connectivity index (χ1n) is 30.8. The summed E-state index contributed by atoms with van der Waals surface area (Å²) in [6, 6.07) is 49.7. The van der Waals surface area contributed by atoms with Gasteiger partial charge in [0.25, 0.3) is 5.91 Å². The molecule has 10 nitrogen and oxygen atoms in total. The van der Waals surface area contributed by atoms with Crippen LogP contribution in [0.15, 0.2) is 170 Å². The highest BCUT2D eigenvalue weighted by Gasteiger charge is 2.58. The maximum Gasteiger partial charge on any atom is 0.407 e. The van der Waals surface area contributed by atoms with Gasteiger partial charge in [-0.25, -0.2) is 18.4 Å². The van der Waals surface area contributed by atoms with E-state index in [9.17, 15) is 28.0 Å². The van der Waals surface area contributed by atoms with Gasteiger partial charge in [0.2, 0.25) is 0 Å². The molecule has 19 heteroatoms. The van der Waals surface area contributed by atoms with Gasteiger partial charge in [0.1, 0.15) is 22.8 Å². The molecule has 0 saturated heterocycles. The number of halogens is 9. The molecule has 0 aliphatic heterocycles. The van der Waals surface area contributed by atoms with Crippen LogP contribution in [0.5, 0.6) is 0 Å². The summed E-state index contributed by atoms with van der Waals surface area (Å²) in [6.45, 7) is 24.1. The van der Waals surface area contributed by atoms with E-state index in [0.717, 1.165) is 92.2 Å². The Morgan fingerprint density at radius 1 is 0.511 bits per heavy atom. The van der Waals surface area contributed by atoms with Crippen molar-refractivity contribution in [1.29, 1.82) is 0 Å². The third kappa shape index (κ3) is 19.7. The number of amides is 2. The van der Waals surface area contributed by atoms with Gasteiger partial charge in [-0.1, -0.05) is 195 Å². The predicted molar refractivity (Wildman–Crippen MR) is 378 cm³/mol. The smallest absolute Gasteiger partial charge is 0.407 e. The summed E-state index contributed by atoms with van der Waals surface area (Å²) in [5.74, 6) is -3.45. The topological polar surface area (TPSA) is 143 Å². The Balaban J connectivity index is 0.000000162. The zero-order valence-corrected chi connectivity index (χ0v) is 59.5. The van der Waals surface area contributed by atoms with Gasteiger partial charge in [-0.3, -0.25) is 14.4 Å². The van der Waals surface area contributed by atoms with Gasteiger partial charge in [-0.2, -0.15) is 0 Å². The molecule has 0 bridgehead atoms. The number of allylic oxidation sites excluding steroid dienone is 1. The summed E-state index contributed by atoms with van der Waals surface area (Å²) >= 11 is 40.4. The zero-order chi connectivity index (χ0) is 69.3. The molecular weight excluding hydrogens is 1340 g/mol. The summed E-state index contributed by atoms with van der Waals surface area (Å²) in [5.41, 5.74) is 6.68. The number of aliphatic carboxylic acids is 1. The molecule has 5 aliphatic carbocycles. The highest BCUT2D eigenvalue weighted by Crippen LogP contribution is 2.56. The largest absolute Gasteiger partial charge is 0.481 e. The lowest BCUT2D eigenvalue weighted by atomic mass is 9.95. The summed E-state index contributed by atoms with van der Waals surface area (Å²) in [5, 5.41) is 18.8.